The molecule has 19 heavy (non-hydrogen) atoms. The maximum atomic E-state index is 11.8. The molecule has 0 aliphatic heterocycles. The van der Waals surface area contributed by atoms with Crippen LogP contribution in [0.1, 0.15) is 38.8 Å². The summed E-state index contributed by atoms with van der Waals surface area (Å²) in [6.07, 6.45) is -0.0326. The fourth-order valence-electron chi connectivity index (χ4n) is 1.60. The molecule has 0 aliphatic rings. The minimum absolute atomic E-state index is 0.00344. The van der Waals surface area contributed by atoms with Crippen LogP contribution in [-0.2, 0) is 4.74 Å². The number of carbonyl (C=O) groups is 1. The molecule has 1 amide bonds. The zero-order valence-corrected chi connectivity index (χ0v) is 13.0. The number of nitrogens with one attached hydrogen (secondary N) is 1. The zero-order valence-electron chi connectivity index (χ0n) is 11.4. The van der Waals surface area contributed by atoms with Crippen LogP contribution >= 0.6 is 15.9 Å². The summed E-state index contributed by atoms with van der Waals surface area (Å²) in [4.78, 5) is 11.8. The smallest absolute Gasteiger partial charge is 0.408 e. The van der Waals surface area contributed by atoms with E-state index in [1.165, 1.54) is 0 Å². The van der Waals surface area contributed by atoms with Crippen LogP contribution in [-0.4, -0.2) is 23.4 Å². The van der Waals surface area contributed by atoms with E-state index in [4.69, 9.17) is 9.84 Å². The Bertz CT molecular complexity index is 412. The Morgan fingerprint density at radius 2 is 1.95 bits per heavy atom. The molecule has 106 valence electrons. The van der Waals surface area contributed by atoms with E-state index in [-0.39, 0.29) is 12.6 Å². The minimum atomic E-state index is -0.534. The molecule has 0 unspecified atom stereocenters. The molecule has 1 aromatic rings. The number of carbonyl (C=O) groups excluding carboxylic acids is 1. The van der Waals surface area contributed by atoms with Crippen molar-refractivity contribution in [2.45, 2.75) is 38.8 Å². The molecule has 1 rings (SSSR count). The van der Waals surface area contributed by atoms with Crippen molar-refractivity contribution < 1.29 is 14.6 Å². The van der Waals surface area contributed by atoms with Gasteiger partial charge in [-0.3, -0.25) is 0 Å². The maximum Gasteiger partial charge on any atom is 0.408 e. The second kappa shape index (κ2) is 6.91. The number of amides is 1. The quantitative estimate of drug-likeness (QED) is 0.890. The summed E-state index contributed by atoms with van der Waals surface area (Å²) in [6.45, 7) is 5.43. The van der Waals surface area contributed by atoms with Gasteiger partial charge in [-0.05, 0) is 44.9 Å². The Morgan fingerprint density at radius 1 is 1.37 bits per heavy atom. The zero-order chi connectivity index (χ0) is 14.5. The largest absolute Gasteiger partial charge is 0.444 e. The molecule has 0 bridgehead atoms. The predicted molar refractivity (Wildman–Crippen MR) is 78.0 cm³/mol. The first-order chi connectivity index (χ1) is 8.81. The summed E-state index contributed by atoms with van der Waals surface area (Å²) in [6, 6.07) is 7.35. The highest BCUT2D eigenvalue weighted by Crippen LogP contribution is 2.20. The monoisotopic (exact) mass is 329 g/mol. The highest BCUT2D eigenvalue weighted by atomic mass is 79.9. The summed E-state index contributed by atoms with van der Waals surface area (Å²) in [7, 11) is 0. The van der Waals surface area contributed by atoms with Crippen LogP contribution in [0.4, 0.5) is 4.79 Å². The van der Waals surface area contributed by atoms with Crippen LogP contribution in [0.5, 0.6) is 0 Å². The Morgan fingerprint density at radius 3 is 2.42 bits per heavy atom. The van der Waals surface area contributed by atoms with E-state index in [0.717, 1.165) is 10.0 Å². The molecular weight excluding hydrogens is 310 g/mol. The molecule has 0 aliphatic carbocycles. The summed E-state index contributed by atoms with van der Waals surface area (Å²) in [5.41, 5.74) is 0.399. The van der Waals surface area contributed by atoms with Crippen molar-refractivity contribution in [3.05, 3.63) is 34.3 Å². The summed E-state index contributed by atoms with van der Waals surface area (Å²) in [5, 5.41) is 11.9. The lowest BCUT2D eigenvalue weighted by atomic mass is 10.0. The van der Waals surface area contributed by atoms with Gasteiger partial charge in [-0.2, -0.15) is 0 Å². The third-order valence-electron chi connectivity index (χ3n) is 2.38. The second-order valence-corrected chi connectivity index (χ2v) is 6.18. The highest BCUT2D eigenvalue weighted by Gasteiger charge is 2.20. The van der Waals surface area contributed by atoms with Crippen LogP contribution in [0.3, 0.4) is 0 Å². The molecule has 1 atom stereocenters. The van der Waals surface area contributed by atoms with Crippen molar-refractivity contribution in [3.63, 3.8) is 0 Å². The van der Waals surface area contributed by atoms with Gasteiger partial charge >= 0.3 is 6.09 Å². The van der Waals surface area contributed by atoms with E-state index in [1.807, 2.05) is 45.0 Å². The molecule has 0 spiro atoms. The summed E-state index contributed by atoms with van der Waals surface area (Å²) >= 11 is 3.36. The van der Waals surface area contributed by atoms with Crippen LogP contribution in [0, 0.1) is 0 Å². The van der Waals surface area contributed by atoms with Crippen molar-refractivity contribution in [2.75, 3.05) is 6.61 Å². The van der Waals surface area contributed by atoms with E-state index in [1.54, 1.807) is 0 Å². The molecule has 5 heteroatoms. The average Bonchev–Trinajstić information content (AvgIpc) is 2.27. The molecule has 0 saturated carbocycles. The van der Waals surface area contributed by atoms with Crippen LogP contribution in [0.15, 0.2) is 28.7 Å². The number of hydrogen-bond donors (Lipinski definition) is 2. The van der Waals surface area contributed by atoms with Gasteiger partial charge in [0.05, 0.1) is 6.04 Å². The fourth-order valence-corrected chi connectivity index (χ4v) is 1.86. The fraction of sp³-hybridized carbons (Fsp3) is 0.500. The standard InChI is InChI=1S/C14H20BrNO3/c1-14(2,3)19-13(18)16-12(8-9-17)10-4-6-11(15)7-5-10/h4-7,12,17H,8-9H2,1-3H3,(H,16,18)/t12-/m0/s1. The minimum Gasteiger partial charge on any atom is -0.444 e. The molecular formula is C14H20BrNO3. The highest BCUT2D eigenvalue weighted by molar-refractivity contribution is 9.10. The van der Waals surface area contributed by atoms with Crippen LogP contribution in [0.25, 0.3) is 0 Å². The maximum absolute atomic E-state index is 11.8. The van der Waals surface area contributed by atoms with E-state index >= 15 is 0 Å². The van der Waals surface area contributed by atoms with Gasteiger partial charge in [0.15, 0.2) is 0 Å². The number of rotatable bonds is 4. The van der Waals surface area contributed by atoms with Gasteiger partial charge in [0.2, 0.25) is 0 Å². The Kier molecular flexibility index (Phi) is 5.82. The molecule has 4 nitrogen and oxygen atoms in total. The summed E-state index contributed by atoms with van der Waals surface area (Å²) in [5.74, 6) is 0. The molecule has 1 aromatic carbocycles. The predicted octanol–water partition coefficient (Wildman–Crippen LogP) is 3.40. The molecule has 0 saturated heterocycles. The number of halogens is 1. The first-order valence-electron chi connectivity index (χ1n) is 6.17. The Labute approximate surface area is 122 Å². The SMILES string of the molecule is CC(C)(C)OC(=O)N[C@@H](CCO)c1ccc(Br)cc1. The molecule has 0 heterocycles. The first-order valence-corrected chi connectivity index (χ1v) is 6.97. The molecule has 2 N–H and O–H groups in total. The molecule has 0 fully saturated rings. The van der Waals surface area contributed by atoms with Crippen molar-refractivity contribution in [3.8, 4) is 0 Å². The second-order valence-electron chi connectivity index (χ2n) is 5.26. The van der Waals surface area contributed by atoms with Gasteiger partial charge in [-0.15, -0.1) is 0 Å². The van der Waals surface area contributed by atoms with E-state index in [2.05, 4.69) is 21.2 Å². The molecule has 0 aromatic heterocycles. The topological polar surface area (TPSA) is 58.6 Å². The average molecular weight is 330 g/mol. The number of benzene rings is 1. The van der Waals surface area contributed by atoms with Crippen molar-refractivity contribution in [1.82, 2.24) is 5.32 Å². The van der Waals surface area contributed by atoms with Gasteiger partial charge in [-0.25, -0.2) is 4.79 Å². The summed E-state index contributed by atoms with van der Waals surface area (Å²) < 4.78 is 6.19. The van der Waals surface area contributed by atoms with Gasteiger partial charge in [0.25, 0.3) is 0 Å². The lowest BCUT2D eigenvalue weighted by molar-refractivity contribution is 0.0496. The number of alkyl carbamates (subject to hydrolysis) is 1. The Balaban J connectivity index is 2.73. The van der Waals surface area contributed by atoms with E-state index in [0.29, 0.717) is 6.42 Å². The first kappa shape index (κ1) is 16.0. The van der Waals surface area contributed by atoms with Crippen LogP contribution in [0.2, 0.25) is 0 Å². The molecule has 0 radical (unpaired) electrons. The van der Waals surface area contributed by atoms with E-state index in [9.17, 15) is 4.79 Å². The van der Waals surface area contributed by atoms with Gasteiger partial charge < -0.3 is 15.2 Å². The third-order valence-corrected chi connectivity index (χ3v) is 2.91. The number of aliphatic hydroxyl groups excluding tert-OH is 1. The number of aliphatic hydroxyl groups is 1. The van der Waals surface area contributed by atoms with Crippen molar-refractivity contribution in [1.29, 1.82) is 0 Å². The van der Waals surface area contributed by atoms with Crippen molar-refractivity contribution >= 4 is 22.0 Å². The number of ether oxygens (including phenoxy) is 1. The van der Waals surface area contributed by atoms with E-state index < -0.39 is 11.7 Å². The van der Waals surface area contributed by atoms with Gasteiger partial charge in [0.1, 0.15) is 5.60 Å². The lowest BCUT2D eigenvalue weighted by Gasteiger charge is -2.23. The number of hydrogen-bond acceptors (Lipinski definition) is 3. The van der Waals surface area contributed by atoms with Crippen LogP contribution < -0.4 is 5.32 Å². The third kappa shape index (κ3) is 6.07. The van der Waals surface area contributed by atoms with Crippen molar-refractivity contribution in [2.24, 2.45) is 0 Å². The lowest BCUT2D eigenvalue weighted by Crippen LogP contribution is -2.35. The van der Waals surface area contributed by atoms with Gasteiger partial charge in [-0.1, -0.05) is 28.1 Å². The van der Waals surface area contributed by atoms with Gasteiger partial charge in [0, 0.05) is 11.1 Å². The normalized spacial score (nSPS) is 12.9. The Hall–Kier alpha value is -1.07.